The number of fused-ring (bicyclic) bond motifs is 5. The quantitative estimate of drug-likeness (QED) is 0.0767. The molecule has 5 aliphatic carbocycles. The van der Waals surface area contributed by atoms with E-state index in [0.29, 0.717) is 45.5 Å². The minimum Gasteiger partial charge on any atom is -0.492 e. The molecule has 11 nitrogen and oxygen atoms in total. The predicted octanol–water partition coefficient (Wildman–Crippen LogP) is 7.20. The number of ether oxygens (including phenoxy) is 5. The molecule has 0 aliphatic heterocycles. The fraction of sp³-hybridized carbons (Fsp3) is 0.773. The lowest BCUT2D eigenvalue weighted by Gasteiger charge is -2.64. The monoisotopic (exact) mass is 767 g/mol. The number of esters is 1. The van der Waals surface area contributed by atoms with E-state index in [4.69, 9.17) is 23.7 Å². The zero-order valence-electron chi connectivity index (χ0n) is 33.5. The Morgan fingerprint density at radius 2 is 1.71 bits per heavy atom. The van der Waals surface area contributed by atoms with Gasteiger partial charge in [0.2, 0.25) is 0 Å². The number of aliphatic hydroxyl groups excluding tert-OH is 1. The van der Waals surface area contributed by atoms with E-state index in [9.17, 15) is 24.3 Å². The third-order valence-corrected chi connectivity index (χ3v) is 15.2. The van der Waals surface area contributed by atoms with Crippen LogP contribution >= 0.6 is 0 Å². The molecule has 6 rings (SSSR count). The topological polar surface area (TPSA) is 147 Å². The van der Waals surface area contributed by atoms with Crippen LogP contribution in [0.15, 0.2) is 24.3 Å². The number of amides is 1. The molecule has 55 heavy (non-hydrogen) atoms. The molecule has 5 fully saturated rings. The van der Waals surface area contributed by atoms with Crippen LogP contribution < -0.4 is 10.1 Å². The van der Waals surface area contributed by atoms with Gasteiger partial charge in [0, 0.05) is 17.8 Å². The Morgan fingerprint density at radius 1 is 0.945 bits per heavy atom. The molecule has 2 N–H and O–H groups in total. The predicted molar refractivity (Wildman–Crippen MR) is 205 cm³/mol. The second-order valence-electron chi connectivity index (χ2n) is 17.9. The van der Waals surface area contributed by atoms with Crippen molar-refractivity contribution in [1.82, 2.24) is 5.32 Å². The van der Waals surface area contributed by atoms with Crippen LogP contribution in [0.1, 0.15) is 117 Å². The zero-order chi connectivity index (χ0) is 39.2. The van der Waals surface area contributed by atoms with Gasteiger partial charge >= 0.3 is 12.1 Å². The number of hydrogen-bond acceptors (Lipinski definition) is 10. The highest BCUT2D eigenvalue weighted by molar-refractivity contribution is 5.69. The van der Waals surface area contributed by atoms with E-state index < -0.39 is 6.09 Å². The fourth-order valence-corrected chi connectivity index (χ4v) is 12.4. The average molecular weight is 768 g/mol. The molecule has 13 atom stereocenters. The summed E-state index contributed by atoms with van der Waals surface area (Å²) in [5.74, 6) is 2.19. The van der Waals surface area contributed by atoms with Crippen molar-refractivity contribution in [2.24, 2.45) is 52.3 Å². The fourth-order valence-electron chi connectivity index (χ4n) is 12.4. The Bertz CT molecular complexity index is 1450. The van der Waals surface area contributed by atoms with Crippen LogP contribution in [0.4, 0.5) is 4.79 Å². The molecule has 11 heteroatoms. The lowest BCUT2D eigenvalue weighted by Crippen LogP contribution is -2.63. The third kappa shape index (κ3) is 8.97. The van der Waals surface area contributed by atoms with Crippen LogP contribution in [0.3, 0.4) is 0 Å². The molecule has 0 radical (unpaired) electrons. The van der Waals surface area contributed by atoms with Gasteiger partial charge in [0.1, 0.15) is 30.7 Å². The molecule has 5 saturated carbocycles. The highest BCUT2D eigenvalue weighted by Crippen LogP contribution is 2.69. The van der Waals surface area contributed by atoms with Crippen molar-refractivity contribution in [1.29, 1.82) is 0 Å². The summed E-state index contributed by atoms with van der Waals surface area (Å²) in [5.41, 5.74) is 0.863. The van der Waals surface area contributed by atoms with E-state index in [1.165, 1.54) is 5.56 Å². The summed E-state index contributed by atoms with van der Waals surface area (Å²) in [5, 5.41) is 13.2. The minimum absolute atomic E-state index is 0.00789. The maximum atomic E-state index is 13.5. The molecular weight excluding hydrogens is 702 g/mol. The van der Waals surface area contributed by atoms with Gasteiger partial charge in [0.25, 0.3) is 12.9 Å². The standard InChI is InChI=1S/C44H65NO10/c1-5-51-42(50)45-20-21-52-33-13-11-29(12-14-33)22-30-8-6-7-9-37(30)55-40(49)17-10-28(2)34-15-16-35-41-36(25-39(54-27-47)44(34,35)4)43(3)19-18-32(48)23-31(43)24-38(41)53-26-46/h11-14,26-28,30-32,34-39,41,48H,5-10,15-25H2,1-4H3,(H,45,50)/t28-,30+,31+,32-,34-,35+,36+,37+,38-,39+,41+,43+,44-/m1/s1. The second-order valence-corrected chi connectivity index (χ2v) is 17.9. The van der Waals surface area contributed by atoms with E-state index in [1.54, 1.807) is 6.92 Å². The number of nitrogens with one attached hydrogen (secondary N) is 1. The minimum atomic E-state index is -0.451. The highest BCUT2D eigenvalue weighted by Gasteiger charge is 2.67. The number of aliphatic hydroxyl groups is 1. The van der Waals surface area contributed by atoms with Crippen molar-refractivity contribution in [2.45, 2.75) is 142 Å². The molecule has 0 unspecified atom stereocenters. The van der Waals surface area contributed by atoms with Gasteiger partial charge < -0.3 is 34.1 Å². The van der Waals surface area contributed by atoms with Gasteiger partial charge in [-0.1, -0.05) is 39.3 Å². The molecular formula is C44H65NO10. The van der Waals surface area contributed by atoms with Gasteiger partial charge in [-0.25, -0.2) is 4.79 Å². The Balaban J connectivity index is 1.05. The van der Waals surface area contributed by atoms with Crippen LogP contribution in [0.5, 0.6) is 5.75 Å². The van der Waals surface area contributed by atoms with Crippen LogP contribution in [0.25, 0.3) is 0 Å². The van der Waals surface area contributed by atoms with E-state index in [2.05, 4.69) is 38.2 Å². The van der Waals surface area contributed by atoms with Crippen molar-refractivity contribution in [3.05, 3.63) is 29.8 Å². The first kappa shape index (κ1) is 41.3. The van der Waals surface area contributed by atoms with Gasteiger partial charge in [0.15, 0.2) is 0 Å². The van der Waals surface area contributed by atoms with Gasteiger partial charge in [-0.15, -0.1) is 0 Å². The lowest BCUT2D eigenvalue weighted by atomic mass is 9.43. The van der Waals surface area contributed by atoms with Crippen LogP contribution in [-0.4, -0.2) is 74.3 Å². The maximum absolute atomic E-state index is 13.5. The number of carbonyl (C=O) groups excluding carboxylic acids is 4. The van der Waals surface area contributed by atoms with E-state index >= 15 is 0 Å². The molecule has 306 valence electrons. The van der Waals surface area contributed by atoms with Crippen molar-refractivity contribution < 1.29 is 48.0 Å². The van der Waals surface area contributed by atoms with Crippen molar-refractivity contribution in [3.8, 4) is 5.75 Å². The largest absolute Gasteiger partial charge is 0.492 e. The van der Waals surface area contributed by atoms with Crippen LogP contribution in [-0.2, 0) is 39.8 Å². The molecule has 0 spiro atoms. The summed E-state index contributed by atoms with van der Waals surface area (Å²) in [7, 11) is 0. The second kappa shape index (κ2) is 18.3. The van der Waals surface area contributed by atoms with Gasteiger partial charge in [-0.2, -0.15) is 0 Å². The molecule has 0 heterocycles. The van der Waals surface area contributed by atoms with Crippen LogP contribution in [0, 0.1) is 52.3 Å². The molecule has 1 aromatic carbocycles. The van der Waals surface area contributed by atoms with E-state index in [0.717, 1.165) is 82.8 Å². The first-order chi connectivity index (χ1) is 26.5. The molecule has 1 aromatic rings. The van der Waals surface area contributed by atoms with Crippen molar-refractivity contribution in [2.75, 3.05) is 19.8 Å². The Hall–Kier alpha value is -3.34. The zero-order valence-corrected chi connectivity index (χ0v) is 33.5. The van der Waals surface area contributed by atoms with Gasteiger partial charge in [-0.05, 0) is 143 Å². The summed E-state index contributed by atoms with van der Waals surface area (Å²) >= 11 is 0. The van der Waals surface area contributed by atoms with Crippen molar-refractivity contribution in [3.63, 3.8) is 0 Å². The maximum Gasteiger partial charge on any atom is 0.407 e. The SMILES string of the molecule is CCOC(=O)NCCOc1ccc(C[C@@H]2CCCC[C@@H]2OC(=O)CC[C@@H](C)[C@H]2CC[C@H]3[C@@H]4[C@H](OC=O)C[C@@H]5C[C@H](O)CC[C@]5(C)[C@H]4C[C@H](OC=O)[C@]23C)cc1. The molecule has 0 saturated heterocycles. The molecule has 5 aliphatic rings. The summed E-state index contributed by atoms with van der Waals surface area (Å²) in [6, 6.07) is 8.01. The number of hydrogen-bond donors (Lipinski definition) is 2. The summed E-state index contributed by atoms with van der Waals surface area (Å²) in [4.78, 5) is 48.8. The smallest absolute Gasteiger partial charge is 0.407 e. The Kier molecular flexibility index (Phi) is 13.7. The Morgan fingerprint density at radius 3 is 2.45 bits per heavy atom. The number of benzene rings is 1. The third-order valence-electron chi connectivity index (χ3n) is 15.2. The van der Waals surface area contributed by atoms with Gasteiger partial charge in [0.05, 0.1) is 19.3 Å². The first-order valence-corrected chi connectivity index (χ1v) is 21.2. The summed E-state index contributed by atoms with van der Waals surface area (Å²) in [6.45, 7) is 10.9. The summed E-state index contributed by atoms with van der Waals surface area (Å²) in [6.07, 6.45) is 10.5. The molecule has 1 amide bonds. The molecule has 0 aromatic heterocycles. The normalized spacial score (nSPS) is 37.2. The van der Waals surface area contributed by atoms with Crippen molar-refractivity contribution >= 4 is 25.0 Å². The summed E-state index contributed by atoms with van der Waals surface area (Å²) < 4.78 is 28.8. The lowest BCUT2D eigenvalue weighted by molar-refractivity contribution is -0.217. The molecule has 0 bridgehead atoms. The number of carbonyl (C=O) groups is 4. The van der Waals surface area contributed by atoms with E-state index in [-0.39, 0.29) is 82.6 Å². The van der Waals surface area contributed by atoms with Gasteiger partial charge in [-0.3, -0.25) is 14.4 Å². The highest BCUT2D eigenvalue weighted by atomic mass is 16.6. The van der Waals surface area contributed by atoms with E-state index in [1.807, 2.05) is 12.1 Å². The number of rotatable bonds is 16. The first-order valence-electron chi connectivity index (χ1n) is 21.2. The Labute approximate surface area is 327 Å². The number of alkyl carbamates (subject to hydrolysis) is 1. The average Bonchev–Trinajstić information content (AvgIpc) is 3.53. The van der Waals surface area contributed by atoms with Crippen LogP contribution in [0.2, 0.25) is 0 Å².